The Balaban J connectivity index is 2.63. The third-order valence-electron chi connectivity index (χ3n) is 5.77. The summed E-state index contributed by atoms with van der Waals surface area (Å²) in [5.74, 6) is -0.0637. The maximum atomic E-state index is 12.7. The molecule has 4 heteroatoms. The lowest BCUT2D eigenvalue weighted by Gasteiger charge is -2.51. The second kappa shape index (κ2) is 12.5. The maximum Gasteiger partial charge on any atom is 0.417 e. The molecular formula is C24H45NO3. The average molecular weight is 396 g/mol. The van der Waals surface area contributed by atoms with Crippen molar-refractivity contribution in [2.45, 2.75) is 142 Å². The van der Waals surface area contributed by atoms with Gasteiger partial charge in [-0.15, -0.1) is 0 Å². The SMILES string of the molecule is CCCCCCCCC1(CCCCCCCC)CC(=O)N1C(=O)OC(C)(C)C. The lowest BCUT2D eigenvalue weighted by Crippen LogP contribution is -2.66. The first-order valence-electron chi connectivity index (χ1n) is 11.8. The number of hydrogen-bond donors (Lipinski definition) is 0. The van der Waals surface area contributed by atoms with E-state index in [0.29, 0.717) is 6.42 Å². The molecule has 164 valence electrons. The molecule has 0 N–H and O–H groups in total. The number of unbranched alkanes of at least 4 members (excludes halogenated alkanes) is 10. The number of rotatable bonds is 14. The molecule has 0 radical (unpaired) electrons. The Kier molecular flexibility index (Phi) is 11.1. The van der Waals surface area contributed by atoms with Gasteiger partial charge in [-0.05, 0) is 33.6 Å². The Morgan fingerprint density at radius 3 is 1.68 bits per heavy atom. The number of likely N-dealkylation sites (tertiary alicyclic amines) is 1. The lowest BCUT2D eigenvalue weighted by atomic mass is 9.75. The van der Waals surface area contributed by atoms with Gasteiger partial charge in [0.15, 0.2) is 0 Å². The molecule has 4 nitrogen and oxygen atoms in total. The maximum absolute atomic E-state index is 12.7. The molecule has 0 bridgehead atoms. The van der Waals surface area contributed by atoms with E-state index in [4.69, 9.17) is 4.74 Å². The summed E-state index contributed by atoms with van der Waals surface area (Å²) >= 11 is 0. The molecule has 1 rings (SSSR count). The largest absolute Gasteiger partial charge is 0.443 e. The molecule has 0 aromatic rings. The third-order valence-corrected chi connectivity index (χ3v) is 5.77. The van der Waals surface area contributed by atoms with Crippen molar-refractivity contribution in [2.24, 2.45) is 0 Å². The zero-order valence-electron chi connectivity index (χ0n) is 19.3. The average Bonchev–Trinajstić information content (AvgIpc) is 2.58. The van der Waals surface area contributed by atoms with Crippen LogP contribution in [0.1, 0.15) is 131 Å². The quantitative estimate of drug-likeness (QED) is 0.227. The first-order valence-corrected chi connectivity index (χ1v) is 11.8. The van der Waals surface area contributed by atoms with E-state index in [1.165, 1.54) is 69.1 Å². The molecule has 0 atom stereocenters. The van der Waals surface area contributed by atoms with Crippen molar-refractivity contribution in [2.75, 3.05) is 0 Å². The summed E-state index contributed by atoms with van der Waals surface area (Å²) < 4.78 is 5.55. The van der Waals surface area contributed by atoms with Crippen LogP contribution in [0, 0.1) is 0 Å². The van der Waals surface area contributed by atoms with Gasteiger partial charge in [-0.25, -0.2) is 9.69 Å². The topological polar surface area (TPSA) is 46.6 Å². The number of hydrogen-bond acceptors (Lipinski definition) is 3. The Morgan fingerprint density at radius 2 is 1.29 bits per heavy atom. The first kappa shape index (κ1) is 25.0. The molecule has 1 aliphatic rings. The van der Waals surface area contributed by atoms with E-state index in [0.717, 1.165) is 25.7 Å². The highest BCUT2D eigenvalue weighted by Gasteiger charge is 2.54. The van der Waals surface area contributed by atoms with Crippen LogP contribution in [0.5, 0.6) is 0 Å². The molecule has 0 saturated carbocycles. The molecule has 0 unspecified atom stereocenters. The van der Waals surface area contributed by atoms with E-state index < -0.39 is 11.7 Å². The summed E-state index contributed by atoms with van der Waals surface area (Å²) in [6, 6.07) is 0. The molecule has 1 fully saturated rings. The zero-order valence-corrected chi connectivity index (χ0v) is 19.3. The number of carbonyl (C=O) groups excluding carboxylic acids is 2. The summed E-state index contributed by atoms with van der Waals surface area (Å²) in [5, 5.41) is 0. The van der Waals surface area contributed by atoms with E-state index >= 15 is 0 Å². The van der Waals surface area contributed by atoms with Crippen molar-refractivity contribution in [3.63, 3.8) is 0 Å². The van der Waals surface area contributed by atoms with Gasteiger partial charge in [0.05, 0.1) is 12.0 Å². The molecule has 0 aromatic heterocycles. The van der Waals surface area contributed by atoms with E-state index in [1.807, 2.05) is 20.8 Å². The highest BCUT2D eigenvalue weighted by atomic mass is 16.6. The second-order valence-corrected chi connectivity index (χ2v) is 9.65. The fourth-order valence-corrected chi connectivity index (χ4v) is 4.21. The molecule has 1 saturated heterocycles. The highest BCUT2D eigenvalue weighted by molar-refractivity contribution is 5.99. The van der Waals surface area contributed by atoms with Crippen LogP contribution in [0.2, 0.25) is 0 Å². The van der Waals surface area contributed by atoms with Gasteiger partial charge in [0.25, 0.3) is 0 Å². The van der Waals surface area contributed by atoms with Gasteiger partial charge in [-0.3, -0.25) is 4.79 Å². The van der Waals surface area contributed by atoms with Crippen molar-refractivity contribution >= 4 is 12.0 Å². The number of ether oxygens (including phenoxy) is 1. The highest BCUT2D eigenvalue weighted by Crippen LogP contribution is 2.42. The van der Waals surface area contributed by atoms with Crippen LogP contribution in [0.4, 0.5) is 4.79 Å². The third kappa shape index (κ3) is 8.53. The summed E-state index contributed by atoms with van der Waals surface area (Å²) in [6.45, 7) is 10.0. The number of nitrogens with zero attached hydrogens (tertiary/aromatic N) is 1. The van der Waals surface area contributed by atoms with Crippen molar-refractivity contribution in [1.82, 2.24) is 4.90 Å². The van der Waals surface area contributed by atoms with E-state index in [9.17, 15) is 9.59 Å². The normalized spacial score (nSPS) is 16.2. The van der Waals surface area contributed by atoms with Crippen LogP contribution in [0.25, 0.3) is 0 Å². The molecule has 0 aliphatic carbocycles. The Labute approximate surface area is 173 Å². The fraction of sp³-hybridized carbons (Fsp3) is 0.917. The van der Waals surface area contributed by atoms with Crippen LogP contribution in [0.15, 0.2) is 0 Å². The van der Waals surface area contributed by atoms with Gasteiger partial charge in [0.2, 0.25) is 5.91 Å². The molecule has 1 heterocycles. The number of amides is 2. The summed E-state index contributed by atoms with van der Waals surface area (Å²) in [5.41, 5.74) is -0.867. The summed E-state index contributed by atoms with van der Waals surface area (Å²) in [7, 11) is 0. The lowest BCUT2D eigenvalue weighted by molar-refractivity contribution is -0.155. The molecule has 0 aromatic carbocycles. The summed E-state index contributed by atoms with van der Waals surface area (Å²) in [4.78, 5) is 26.5. The fourth-order valence-electron chi connectivity index (χ4n) is 4.21. The van der Waals surface area contributed by atoms with Crippen LogP contribution in [-0.4, -0.2) is 28.0 Å². The standard InChI is InChI=1S/C24H45NO3/c1-6-8-10-12-14-16-18-24(19-17-15-13-11-9-7-2)20-21(26)25(24)22(27)28-23(3,4)5/h6-20H2,1-5H3. The number of carbonyl (C=O) groups is 2. The minimum atomic E-state index is -0.570. The van der Waals surface area contributed by atoms with Gasteiger partial charge in [-0.2, -0.15) is 0 Å². The summed E-state index contributed by atoms with van der Waals surface area (Å²) in [6.07, 6.45) is 16.7. The van der Waals surface area contributed by atoms with Crippen LogP contribution < -0.4 is 0 Å². The monoisotopic (exact) mass is 395 g/mol. The molecule has 28 heavy (non-hydrogen) atoms. The van der Waals surface area contributed by atoms with Crippen LogP contribution >= 0.6 is 0 Å². The predicted molar refractivity (Wildman–Crippen MR) is 116 cm³/mol. The molecule has 0 spiro atoms. The Morgan fingerprint density at radius 1 is 0.857 bits per heavy atom. The van der Waals surface area contributed by atoms with Crippen molar-refractivity contribution in [3.8, 4) is 0 Å². The minimum Gasteiger partial charge on any atom is -0.443 e. The second-order valence-electron chi connectivity index (χ2n) is 9.65. The van der Waals surface area contributed by atoms with Gasteiger partial charge >= 0.3 is 6.09 Å². The first-order chi connectivity index (χ1) is 13.3. The number of β-lactam (4-membered cyclic amide) rings is 1. The Bertz CT molecular complexity index is 451. The molecule has 2 amide bonds. The van der Waals surface area contributed by atoms with Crippen molar-refractivity contribution in [3.05, 3.63) is 0 Å². The van der Waals surface area contributed by atoms with Gasteiger partial charge in [-0.1, -0.05) is 90.9 Å². The Hall–Kier alpha value is -1.06. The predicted octanol–water partition coefficient (Wildman–Crippen LogP) is 7.39. The van der Waals surface area contributed by atoms with Crippen molar-refractivity contribution < 1.29 is 14.3 Å². The van der Waals surface area contributed by atoms with Gasteiger partial charge in [0, 0.05) is 0 Å². The van der Waals surface area contributed by atoms with Crippen LogP contribution in [-0.2, 0) is 9.53 Å². The molecule has 1 aliphatic heterocycles. The van der Waals surface area contributed by atoms with Gasteiger partial charge in [0.1, 0.15) is 5.60 Å². The van der Waals surface area contributed by atoms with Crippen molar-refractivity contribution in [1.29, 1.82) is 0 Å². The van der Waals surface area contributed by atoms with E-state index in [2.05, 4.69) is 13.8 Å². The number of imide groups is 1. The van der Waals surface area contributed by atoms with Gasteiger partial charge < -0.3 is 4.74 Å². The van der Waals surface area contributed by atoms with E-state index in [-0.39, 0.29) is 11.4 Å². The van der Waals surface area contributed by atoms with E-state index in [1.54, 1.807) is 0 Å². The zero-order chi connectivity index (χ0) is 21.0. The minimum absolute atomic E-state index is 0.0637. The van der Waals surface area contributed by atoms with Crippen LogP contribution in [0.3, 0.4) is 0 Å². The smallest absolute Gasteiger partial charge is 0.417 e. The molecular weight excluding hydrogens is 350 g/mol.